The van der Waals surface area contributed by atoms with Gasteiger partial charge >= 0.3 is 0 Å². The quantitative estimate of drug-likeness (QED) is 0.456. The fraction of sp³-hybridized carbons (Fsp3) is 0.600. The third-order valence-electron chi connectivity index (χ3n) is 3.06. The van der Waals surface area contributed by atoms with Gasteiger partial charge in [0.15, 0.2) is 5.78 Å². The van der Waals surface area contributed by atoms with Crippen molar-refractivity contribution in [1.29, 1.82) is 0 Å². The molecule has 1 rings (SSSR count). The maximum Gasteiger partial charge on any atom is 0.168 e. The average Bonchev–Trinajstić information content (AvgIpc) is 2.32. The molecule has 0 unspecified atom stereocenters. The Morgan fingerprint density at radius 2 is 2.20 bits per heavy atom. The largest absolute Gasteiger partial charge is 0.511 e. The lowest BCUT2D eigenvalue weighted by atomic mass is 9.75. The predicted octanol–water partition coefficient (Wildman–Crippen LogP) is 4.11. The van der Waals surface area contributed by atoms with E-state index in [2.05, 4.69) is 5.16 Å². The standard InChI is InChI=1S/C15H22ClNO3/c1-4-6-11(17-20-8-5-7-16)14-12(18)9-15(2,3)10-13(14)19/h5,7,18H,4,6,8-10H2,1-3H3/b7-5+,17-11+. The number of aliphatic hydroxyl groups excluding tert-OH is 1. The zero-order valence-electron chi connectivity index (χ0n) is 12.3. The molecule has 0 bridgehead atoms. The van der Waals surface area contributed by atoms with E-state index in [1.807, 2.05) is 20.8 Å². The number of carbonyl (C=O) groups excluding carboxylic acids is 1. The lowest BCUT2D eigenvalue weighted by Crippen LogP contribution is -2.29. The van der Waals surface area contributed by atoms with Crippen molar-refractivity contribution in [2.45, 2.75) is 46.5 Å². The van der Waals surface area contributed by atoms with Crippen molar-refractivity contribution in [2.24, 2.45) is 10.6 Å². The molecule has 1 N–H and O–H groups in total. The minimum Gasteiger partial charge on any atom is -0.511 e. The molecule has 0 heterocycles. The highest BCUT2D eigenvalue weighted by Gasteiger charge is 2.35. The van der Waals surface area contributed by atoms with Crippen molar-refractivity contribution in [3.63, 3.8) is 0 Å². The molecule has 1 aliphatic carbocycles. The molecule has 0 radical (unpaired) electrons. The van der Waals surface area contributed by atoms with E-state index in [-0.39, 0.29) is 23.6 Å². The van der Waals surface area contributed by atoms with Crippen LogP contribution in [0.5, 0.6) is 0 Å². The van der Waals surface area contributed by atoms with Gasteiger partial charge in [0.25, 0.3) is 0 Å². The highest BCUT2D eigenvalue weighted by Crippen LogP contribution is 2.36. The van der Waals surface area contributed by atoms with Crippen LogP contribution >= 0.6 is 11.6 Å². The number of carbonyl (C=O) groups is 1. The molecule has 4 nitrogen and oxygen atoms in total. The number of hydrogen-bond donors (Lipinski definition) is 1. The molecule has 20 heavy (non-hydrogen) atoms. The van der Waals surface area contributed by atoms with E-state index in [1.54, 1.807) is 6.08 Å². The number of ketones is 1. The predicted molar refractivity (Wildman–Crippen MR) is 81.0 cm³/mol. The number of hydrogen-bond acceptors (Lipinski definition) is 4. The van der Waals surface area contributed by atoms with Gasteiger partial charge in [-0.3, -0.25) is 4.79 Å². The lowest BCUT2D eigenvalue weighted by Gasteiger charge is -2.29. The second kappa shape index (κ2) is 7.48. The van der Waals surface area contributed by atoms with E-state index in [0.29, 0.717) is 30.5 Å². The van der Waals surface area contributed by atoms with Crippen LogP contribution in [-0.4, -0.2) is 23.2 Å². The Bertz CT molecular complexity index is 450. The first-order chi connectivity index (χ1) is 9.41. The topological polar surface area (TPSA) is 58.9 Å². The van der Waals surface area contributed by atoms with E-state index in [9.17, 15) is 9.90 Å². The van der Waals surface area contributed by atoms with E-state index in [4.69, 9.17) is 16.4 Å². The van der Waals surface area contributed by atoms with Gasteiger partial charge in [0.1, 0.15) is 12.4 Å². The van der Waals surface area contributed by atoms with Crippen LogP contribution < -0.4 is 0 Å². The fourth-order valence-corrected chi connectivity index (χ4v) is 2.34. The number of Topliss-reactive ketones (excluding diaryl/α,β-unsaturated/α-hetero) is 1. The first kappa shape index (κ1) is 16.8. The van der Waals surface area contributed by atoms with Gasteiger partial charge in [-0.05, 0) is 17.9 Å². The summed E-state index contributed by atoms with van der Waals surface area (Å²) in [6, 6.07) is 0. The highest BCUT2D eigenvalue weighted by atomic mass is 35.5. The van der Waals surface area contributed by atoms with Gasteiger partial charge in [0.05, 0.1) is 11.3 Å². The fourth-order valence-electron chi connectivity index (χ4n) is 2.26. The Balaban J connectivity index is 2.98. The minimum atomic E-state index is -0.204. The monoisotopic (exact) mass is 299 g/mol. The third kappa shape index (κ3) is 4.67. The summed E-state index contributed by atoms with van der Waals surface area (Å²) in [6.45, 7) is 6.17. The Hall–Kier alpha value is -1.29. The van der Waals surface area contributed by atoms with Crippen molar-refractivity contribution in [1.82, 2.24) is 0 Å². The molecule has 0 aromatic heterocycles. The maximum absolute atomic E-state index is 12.2. The van der Waals surface area contributed by atoms with Gasteiger partial charge in [0, 0.05) is 18.4 Å². The van der Waals surface area contributed by atoms with E-state index in [0.717, 1.165) is 6.42 Å². The summed E-state index contributed by atoms with van der Waals surface area (Å²) in [7, 11) is 0. The molecule has 0 atom stereocenters. The second-order valence-corrected chi connectivity index (χ2v) is 5.96. The van der Waals surface area contributed by atoms with Crippen LogP contribution in [0.15, 0.2) is 28.1 Å². The summed E-state index contributed by atoms with van der Waals surface area (Å²) in [4.78, 5) is 17.3. The van der Waals surface area contributed by atoms with Crippen molar-refractivity contribution in [2.75, 3.05) is 6.61 Å². The molecule has 1 aliphatic rings. The van der Waals surface area contributed by atoms with Crippen molar-refractivity contribution < 1.29 is 14.7 Å². The Morgan fingerprint density at radius 1 is 1.50 bits per heavy atom. The van der Waals surface area contributed by atoms with Crippen LogP contribution in [0.25, 0.3) is 0 Å². The first-order valence-corrected chi connectivity index (χ1v) is 7.24. The SMILES string of the molecule is CCC/C(=N\OC/C=C/Cl)C1=C(O)CC(C)(C)CC1=O. The zero-order valence-corrected chi connectivity index (χ0v) is 13.0. The minimum absolute atomic E-state index is 0.0672. The molecule has 5 heteroatoms. The summed E-state index contributed by atoms with van der Waals surface area (Å²) in [5, 5.41) is 14.2. The second-order valence-electron chi connectivity index (χ2n) is 5.71. The van der Waals surface area contributed by atoms with E-state index >= 15 is 0 Å². The molecular weight excluding hydrogens is 278 g/mol. The first-order valence-electron chi connectivity index (χ1n) is 6.81. The van der Waals surface area contributed by atoms with Crippen LogP contribution in [0.1, 0.15) is 46.5 Å². The number of oxime groups is 1. The highest BCUT2D eigenvalue weighted by molar-refractivity contribution is 6.25. The van der Waals surface area contributed by atoms with Crippen molar-refractivity contribution in [3.8, 4) is 0 Å². The zero-order chi connectivity index (χ0) is 15.2. The summed E-state index contributed by atoms with van der Waals surface area (Å²) >= 11 is 5.39. The molecule has 0 fully saturated rings. The molecule has 0 aromatic rings. The number of allylic oxidation sites excluding steroid dienone is 2. The van der Waals surface area contributed by atoms with Crippen LogP contribution in [0.3, 0.4) is 0 Å². The molecule has 0 amide bonds. The third-order valence-corrected chi connectivity index (χ3v) is 3.24. The molecular formula is C15H22ClNO3. The molecule has 112 valence electrons. The van der Waals surface area contributed by atoms with Gasteiger partial charge < -0.3 is 9.94 Å². The van der Waals surface area contributed by atoms with Gasteiger partial charge in [-0.2, -0.15) is 0 Å². The van der Waals surface area contributed by atoms with Crippen molar-refractivity contribution in [3.05, 3.63) is 22.9 Å². The van der Waals surface area contributed by atoms with E-state index in [1.165, 1.54) is 5.54 Å². The van der Waals surface area contributed by atoms with Gasteiger partial charge in [-0.1, -0.05) is 43.9 Å². The number of aliphatic hydroxyl groups is 1. The normalized spacial score (nSPS) is 19.8. The number of halogens is 1. The van der Waals surface area contributed by atoms with E-state index < -0.39 is 0 Å². The summed E-state index contributed by atoms with van der Waals surface area (Å²) in [5.74, 6) is 0.0531. The molecule has 0 aromatic carbocycles. The Morgan fingerprint density at radius 3 is 2.75 bits per heavy atom. The summed E-state index contributed by atoms with van der Waals surface area (Å²) in [6.07, 6.45) is 3.92. The number of nitrogens with zero attached hydrogens (tertiary/aromatic N) is 1. The van der Waals surface area contributed by atoms with Crippen molar-refractivity contribution >= 4 is 23.1 Å². The van der Waals surface area contributed by atoms with Crippen LogP contribution in [0.2, 0.25) is 0 Å². The van der Waals surface area contributed by atoms with Crippen LogP contribution in [0, 0.1) is 5.41 Å². The maximum atomic E-state index is 12.2. The average molecular weight is 300 g/mol. The van der Waals surface area contributed by atoms with Gasteiger partial charge in [-0.15, -0.1) is 0 Å². The summed E-state index contributed by atoms with van der Waals surface area (Å²) < 4.78 is 0. The summed E-state index contributed by atoms with van der Waals surface area (Å²) in [5.41, 5.74) is 2.00. The molecule has 0 aliphatic heterocycles. The van der Waals surface area contributed by atoms with Crippen LogP contribution in [0.4, 0.5) is 0 Å². The Kier molecular flexibility index (Phi) is 6.27. The lowest BCUT2D eigenvalue weighted by molar-refractivity contribution is -0.118. The molecule has 0 saturated heterocycles. The van der Waals surface area contributed by atoms with Gasteiger partial charge in [0.2, 0.25) is 0 Å². The molecule has 0 spiro atoms. The van der Waals surface area contributed by atoms with Crippen LogP contribution in [-0.2, 0) is 9.63 Å². The number of rotatable bonds is 6. The smallest absolute Gasteiger partial charge is 0.168 e. The van der Waals surface area contributed by atoms with Gasteiger partial charge in [-0.25, -0.2) is 0 Å². The Labute approximate surface area is 125 Å². The molecule has 0 saturated carbocycles.